The van der Waals surface area contributed by atoms with Crippen LogP contribution in [0.1, 0.15) is 35.8 Å². The number of hydrogen-bond donors (Lipinski definition) is 0. The molecule has 1 aliphatic heterocycles. The average Bonchev–Trinajstić information content (AvgIpc) is 3.39. The lowest BCUT2D eigenvalue weighted by Gasteiger charge is -2.32. The number of likely N-dealkylation sites (tertiary alicyclic amines) is 1. The van der Waals surface area contributed by atoms with Gasteiger partial charge in [0, 0.05) is 50.8 Å². The van der Waals surface area contributed by atoms with Crippen LogP contribution in [0.2, 0.25) is 0 Å². The Hall–Kier alpha value is -3.75. The van der Waals surface area contributed by atoms with Gasteiger partial charge in [0.2, 0.25) is 5.88 Å². The van der Waals surface area contributed by atoms with Crippen LogP contribution in [0.15, 0.2) is 42.9 Å². The zero-order chi connectivity index (χ0) is 22.9. The number of carbonyl (C=O) groups excluding carboxylic acids is 1. The lowest BCUT2D eigenvalue weighted by molar-refractivity contribution is 0.0590. The van der Waals surface area contributed by atoms with Gasteiger partial charge in [-0.1, -0.05) is 18.2 Å². The molecule has 1 aromatic carbocycles. The Morgan fingerprint density at radius 2 is 1.91 bits per heavy atom. The third-order valence-electron chi connectivity index (χ3n) is 6.29. The van der Waals surface area contributed by atoms with Gasteiger partial charge in [0.05, 0.1) is 11.8 Å². The second kappa shape index (κ2) is 8.65. The van der Waals surface area contributed by atoms with Crippen LogP contribution >= 0.6 is 0 Å². The molecule has 0 N–H and O–H groups in total. The van der Waals surface area contributed by atoms with Crippen LogP contribution in [-0.4, -0.2) is 59.3 Å². The zero-order valence-electron chi connectivity index (χ0n) is 19.1. The molecule has 0 aliphatic carbocycles. The van der Waals surface area contributed by atoms with Gasteiger partial charge in [0.15, 0.2) is 11.2 Å². The van der Waals surface area contributed by atoms with Gasteiger partial charge in [0.1, 0.15) is 18.3 Å². The third-order valence-corrected chi connectivity index (χ3v) is 6.29. The summed E-state index contributed by atoms with van der Waals surface area (Å²) < 4.78 is 10.2. The lowest BCUT2D eigenvalue weighted by atomic mass is 10.1. The van der Waals surface area contributed by atoms with Crippen molar-refractivity contribution in [2.45, 2.75) is 39.3 Å². The molecule has 0 bridgehead atoms. The summed E-state index contributed by atoms with van der Waals surface area (Å²) in [6.07, 6.45) is 4.81. The fourth-order valence-electron chi connectivity index (χ4n) is 4.39. The summed E-state index contributed by atoms with van der Waals surface area (Å²) in [6, 6.07) is 9.40. The maximum atomic E-state index is 12.7. The van der Waals surface area contributed by atoms with Gasteiger partial charge >= 0.3 is 0 Å². The SMILES string of the molecule is CCn1ncc(-c2nc3c(OC4CCN(C(=O)c5ccccc5)CC4)ncnc3n2C)c1C. The molecule has 170 valence electrons. The highest BCUT2D eigenvalue weighted by atomic mass is 16.5. The van der Waals surface area contributed by atoms with Crippen LogP contribution in [0.3, 0.4) is 0 Å². The van der Waals surface area contributed by atoms with Crippen molar-refractivity contribution in [3.8, 4) is 17.3 Å². The smallest absolute Gasteiger partial charge is 0.253 e. The van der Waals surface area contributed by atoms with Crippen molar-refractivity contribution < 1.29 is 9.53 Å². The Balaban J connectivity index is 1.34. The predicted molar refractivity (Wildman–Crippen MR) is 124 cm³/mol. The first-order chi connectivity index (χ1) is 16.1. The van der Waals surface area contributed by atoms with Crippen LogP contribution in [0.5, 0.6) is 5.88 Å². The van der Waals surface area contributed by atoms with Gasteiger partial charge in [-0.05, 0) is 26.0 Å². The van der Waals surface area contributed by atoms with Crippen molar-refractivity contribution in [2.24, 2.45) is 7.05 Å². The first-order valence-corrected chi connectivity index (χ1v) is 11.3. The second-order valence-electron chi connectivity index (χ2n) is 8.28. The van der Waals surface area contributed by atoms with Crippen LogP contribution < -0.4 is 4.74 Å². The Morgan fingerprint density at radius 3 is 2.61 bits per heavy atom. The summed E-state index contributed by atoms with van der Waals surface area (Å²) in [7, 11) is 1.94. The van der Waals surface area contributed by atoms with E-state index in [2.05, 4.69) is 22.0 Å². The number of carbonyl (C=O) groups is 1. The van der Waals surface area contributed by atoms with Crippen molar-refractivity contribution in [1.82, 2.24) is 34.2 Å². The zero-order valence-corrected chi connectivity index (χ0v) is 19.1. The Labute approximate surface area is 192 Å². The minimum absolute atomic E-state index is 0.0297. The predicted octanol–water partition coefficient (Wildman–Crippen LogP) is 3.24. The quantitative estimate of drug-likeness (QED) is 0.468. The molecule has 0 saturated carbocycles. The molecule has 1 saturated heterocycles. The topological polar surface area (TPSA) is 91.0 Å². The molecule has 4 heterocycles. The maximum Gasteiger partial charge on any atom is 0.253 e. The number of ether oxygens (including phenoxy) is 1. The number of piperidine rings is 1. The number of rotatable bonds is 5. The number of imidazole rings is 1. The summed E-state index contributed by atoms with van der Waals surface area (Å²) in [5.74, 6) is 1.34. The average molecular weight is 446 g/mol. The van der Waals surface area contributed by atoms with Crippen LogP contribution in [0, 0.1) is 6.92 Å². The number of fused-ring (bicyclic) bond motifs is 1. The van der Waals surface area contributed by atoms with E-state index in [4.69, 9.17) is 9.72 Å². The van der Waals surface area contributed by atoms with Gasteiger partial charge in [-0.15, -0.1) is 0 Å². The minimum Gasteiger partial charge on any atom is -0.473 e. The first-order valence-electron chi connectivity index (χ1n) is 11.3. The molecule has 0 unspecified atom stereocenters. The molecule has 1 fully saturated rings. The van der Waals surface area contributed by atoms with Gasteiger partial charge in [-0.25, -0.2) is 9.97 Å². The Kier molecular flexibility index (Phi) is 5.53. The molecule has 9 nitrogen and oxygen atoms in total. The summed E-state index contributed by atoms with van der Waals surface area (Å²) in [6.45, 7) is 6.20. The first kappa shape index (κ1) is 21.1. The van der Waals surface area contributed by atoms with Gasteiger partial charge in [0.25, 0.3) is 5.91 Å². The number of aryl methyl sites for hydroxylation is 2. The van der Waals surface area contributed by atoms with Crippen molar-refractivity contribution in [3.05, 3.63) is 54.1 Å². The van der Waals surface area contributed by atoms with E-state index < -0.39 is 0 Å². The molecule has 3 aromatic heterocycles. The monoisotopic (exact) mass is 445 g/mol. The molecule has 0 atom stereocenters. The number of aromatic nitrogens is 6. The van der Waals surface area contributed by atoms with E-state index in [0.717, 1.165) is 47.7 Å². The van der Waals surface area contributed by atoms with Crippen molar-refractivity contribution >= 4 is 17.1 Å². The summed E-state index contributed by atoms with van der Waals surface area (Å²) in [5.41, 5.74) is 4.10. The van der Waals surface area contributed by atoms with Gasteiger partial charge < -0.3 is 14.2 Å². The van der Waals surface area contributed by atoms with Gasteiger partial charge in [-0.3, -0.25) is 9.48 Å². The Morgan fingerprint density at radius 1 is 1.15 bits per heavy atom. The molecule has 9 heteroatoms. The largest absolute Gasteiger partial charge is 0.473 e. The lowest BCUT2D eigenvalue weighted by Crippen LogP contribution is -2.41. The number of hydrogen-bond acceptors (Lipinski definition) is 6. The van der Waals surface area contributed by atoms with Crippen LogP contribution in [0.25, 0.3) is 22.6 Å². The molecule has 1 aliphatic rings. The summed E-state index contributed by atoms with van der Waals surface area (Å²) in [5, 5.41) is 4.44. The number of nitrogens with zero attached hydrogens (tertiary/aromatic N) is 7. The van der Waals surface area contributed by atoms with Crippen LogP contribution in [0.4, 0.5) is 0 Å². The highest BCUT2D eigenvalue weighted by Gasteiger charge is 2.26. The van der Waals surface area contributed by atoms with E-state index in [-0.39, 0.29) is 12.0 Å². The highest BCUT2D eigenvalue weighted by molar-refractivity contribution is 5.94. The van der Waals surface area contributed by atoms with Gasteiger partial charge in [-0.2, -0.15) is 10.1 Å². The standard InChI is InChI=1S/C24H27N7O2/c1-4-31-16(2)19(14-27-31)21-28-20-22(29(21)3)25-15-26-23(20)33-18-10-12-30(13-11-18)24(32)17-8-6-5-7-9-17/h5-9,14-15,18H,4,10-13H2,1-3H3. The molecule has 4 aromatic rings. The van der Waals surface area contributed by atoms with Crippen LogP contribution in [-0.2, 0) is 13.6 Å². The van der Waals surface area contributed by atoms with E-state index in [1.54, 1.807) is 0 Å². The maximum absolute atomic E-state index is 12.7. The molecule has 1 amide bonds. The minimum atomic E-state index is -0.0297. The van der Waals surface area contributed by atoms with E-state index in [0.29, 0.717) is 24.5 Å². The molecule has 33 heavy (non-hydrogen) atoms. The van der Waals surface area contributed by atoms with E-state index in [1.165, 1.54) is 6.33 Å². The molecule has 0 spiro atoms. The van der Waals surface area contributed by atoms with E-state index >= 15 is 0 Å². The summed E-state index contributed by atoms with van der Waals surface area (Å²) in [4.78, 5) is 28.3. The fourth-order valence-corrected chi connectivity index (χ4v) is 4.39. The van der Waals surface area contributed by atoms with Crippen molar-refractivity contribution in [1.29, 1.82) is 0 Å². The van der Waals surface area contributed by atoms with Crippen molar-refractivity contribution in [3.63, 3.8) is 0 Å². The molecular weight excluding hydrogens is 418 g/mol. The normalized spacial score (nSPS) is 14.7. The van der Waals surface area contributed by atoms with E-state index in [9.17, 15) is 4.79 Å². The second-order valence-corrected chi connectivity index (χ2v) is 8.28. The van der Waals surface area contributed by atoms with E-state index in [1.807, 2.05) is 64.6 Å². The fraction of sp³-hybridized carbons (Fsp3) is 0.375. The Bertz CT molecular complexity index is 1290. The molecular formula is C24H27N7O2. The molecule has 0 radical (unpaired) electrons. The third kappa shape index (κ3) is 3.83. The number of amides is 1. The highest BCUT2D eigenvalue weighted by Crippen LogP contribution is 2.30. The van der Waals surface area contributed by atoms with Crippen molar-refractivity contribution in [2.75, 3.05) is 13.1 Å². The summed E-state index contributed by atoms with van der Waals surface area (Å²) >= 11 is 0. The number of benzene rings is 1. The molecule has 5 rings (SSSR count).